The third-order valence-electron chi connectivity index (χ3n) is 4.27. The highest BCUT2D eigenvalue weighted by Gasteiger charge is 2.28. The number of halogens is 1. The van der Waals surface area contributed by atoms with Crippen molar-refractivity contribution in [1.29, 1.82) is 0 Å². The summed E-state index contributed by atoms with van der Waals surface area (Å²) in [5.74, 6) is 0.651. The minimum Gasteiger partial charge on any atom is -0.510 e. The van der Waals surface area contributed by atoms with Crippen LogP contribution in [0.4, 0.5) is 0 Å². The molecule has 1 aliphatic heterocycles. The van der Waals surface area contributed by atoms with E-state index < -0.39 is 0 Å². The summed E-state index contributed by atoms with van der Waals surface area (Å²) in [5.41, 5.74) is 1.85. The van der Waals surface area contributed by atoms with Crippen LogP contribution in [0.1, 0.15) is 10.8 Å². The maximum atomic E-state index is 12.5. The molecule has 5 rings (SSSR count). The highest BCUT2D eigenvalue weighted by Crippen LogP contribution is 2.36. The van der Waals surface area contributed by atoms with Gasteiger partial charge in [0.1, 0.15) is 10.8 Å². The number of hydrogen-bond acceptors (Lipinski definition) is 5. The maximum Gasteiger partial charge on any atom is 0.281 e. The topological polar surface area (TPSA) is 68.0 Å². The summed E-state index contributed by atoms with van der Waals surface area (Å²) in [7, 11) is 0. The van der Waals surface area contributed by atoms with Gasteiger partial charge >= 0.3 is 0 Å². The molecule has 3 heterocycles. The van der Waals surface area contributed by atoms with E-state index in [4.69, 9.17) is 0 Å². The standard InChI is InChI=1S/C18H10BrN3O2S/c19-9-5-6-12-10(7-9)17(24)21-16-15(13(23)8-22(12)16)18-20-11-3-1-2-4-14(11)25-18/h1-7,23H,8H2. The van der Waals surface area contributed by atoms with Gasteiger partial charge < -0.3 is 9.67 Å². The number of rotatable bonds is 1. The molecule has 2 aromatic heterocycles. The zero-order chi connectivity index (χ0) is 17.1. The zero-order valence-corrected chi connectivity index (χ0v) is 15.1. The SMILES string of the molecule is O=c1nc2n(c3ccc(Br)cc13)CC(O)=C2c1nc2ccccc2s1. The first kappa shape index (κ1) is 14.8. The van der Waals surface area contributed by atoms with E-state index in [0.717, 1.165) is 20.2 Å². The molecule has 25 heavy (non-hydrogen) atoms. The van der Waals surface area contributed by atoms with Crippen molar-refractivity contribution in [2.75, 3.05) is 0 Å². The molecular formula is C18H10BrN3O2S. The van der Waals surface area contributed by atoms with Crippen LogP contribution in [-0.4, -0.2) is 19.6 Å². The highest BCUT2D eigenvalue weighted by atomic mass is 79.9. The monoisotopic (exact) mass is 411 g/mol. The molecular weight excluding hydrogens is 402 g/mol. The van der Waals surface area contributed by atoms with Gasteiger partial charge in [-0.25, -0.2) is 4.98 Å². The van der Waals surface area contributed by atoms with Gasteiger partial charge in [0.05, 0.1) is 33.2 Å². The van der Waals surface area contributed by atoms with Gasteiger partial charge in [-0.2, -0.15) is 4.98 Å². The third kappa shape index (κ3) is 2.16. The lowest BCUT2D eigenvalue weighted by atomic mass is 10.2. The Kier molecular flexibility index (Phi) is 3.10. The molecule has 0 spiro atoms. The molecule has 0 radical (unpaired) electrons. The Bertz CT molecular complexity index is 1240. The van der Waals surface area contributed by atoms with Crippen molar-refractivity contribution in [3.8, 4) is 0 Å². The lowest BCUT2D eigenvalue weighted by Crippen LogP contribution is -2.15. The summed E-state index contributed by atoms with van der Waals surface area (Å²) < 4.78 is 3.71. The van der Waals surface area contributed by atoms with Crippen LogP contribution in [0.15, 0.2) is 57.5 Å². The highest BCUT2D eigenvalue weighted by molar-refractivity contribution is 9.10. The summed E-state index contributed by atoms with van der Waals surface area (Å²) >= 11 is 4.87. The fraction of sp³-hybridized carbons (Fsp3) is 0.0556. The van der Waals surface area contributed by atoms with Crippen molar-refractivity contribution >= 4 is 54.0 Å². The Morgan fingerprint density at radius 2 is 2.00 bits per heavy atom. The van der Waals surface area contributed by atoms with Gasteiger partial charge in [0.15, 0.2) is 5.82 Å². The van der Waals surface area contributed by atoms with E-state index in [9.17, 15) is 9.90 Å². The van der Waals surface area contributed by atoms with Crippen LogP contribution >= 0.6 is 27.3 Å². The minimum absolute atomic E-state index is 0.182. The Hall–Kier alpha value is -2.51. The molecule has 0 fully saturated rings. The number of hydrogen-bond donors (Lipinski definition) is 1. The van der Waals surface area contributed by atoms with Crippen molar-refractivity contribution in [1.82, 2.24) is 14.5 Å². The van der Waals surface area contributed by atoms with Crippen molar-refractivity contribution in [3.63, 3.8) is 0 Å². The van der Waals surface area contributed by atoms with Crippen LogP contribution in [0.25, 0.3) is 26.7 Å². The van der Waals surface area contributed by atoms with E-state index in [0.29, 0.717) is 21.8 Å². The summed E-state index contributed by atoms with van der Waals surface area (Å²) in [6.45, 7) is 0.284. The second kappa shape index (κ2) is 5.24. The average molecular weight is 412 g/mol. The van der Waals surface area contributed by atoms with Crippen molar-refractivity contribution in [2.45, 2.75) is 6.54 Å². The van der Waals surface area contributed by atoms with Gasteiger partial charge in [0.25, 0.3) is 5.56 Å². The van der Waals surface area contributed by atoms with Gasteiger partial charge in [0.2, 0.25) is 0 Å². The van der Waals surface area contributed by atoms with Crippen LogP contribution in [-0.2, 0) is 6.54 Å². The number of aliphatic hydroxyl groups is 1. The van der Waals surface area contributed by atoms with Crippen LogP contribution in [0.3, 0.4) is 0 Å². The molecule has 4 aromatic rings. The smallest absolute Gasteiger partial charge is 0.281 e. The number of aliphatic hydroxyl groups excluding tert-OH is 1. The summed E-state index contributed by atoms with van der Waals surface area (Å²) in [6.07, 6.45) is 0. The van der Waals surface area contributed by atoms with Gasteiger partial charge in [-0.1, -0.05) is 28.1 Å². The molecule has 1 N–H and O–H groups in total. The first-order valence-electron chi connectivity index (χ1n) is 7.60. The summed E-state index contributed by atoms with van der Waals surface area (Å²) in [4.78, 5) is 21.3. The van der Waals surface area contributed by atoms with Crippen LogP contribution < -0.4 is 5.56 Å². The zero-order valence-electron chi connectivity index (χ0n) is 12.7. The van der Waals surface area contributed by atoms with E-state index in [1.54, 1.807) is 6.07 Å². The number of allylic oxidation sites excluding steroid dienone is 1. The number of para-hydroxylation sites is 1. The van der Waals surface area contributed by atoms with Crippen LogP contribution in [0.5, 0.6) is 0 Å². The number of benzene rings is 2. The first-order chi connectivity index (χ1) is 12.1. The number of thiazole rings is 1. The van der Waals surface area contributed by atoms with Crippen molar-refractivity contribution < 1.29 is 5.11 Å². The number of aromatic nitrogens is 3. The number of fused-ring (bicyclic) bond motifs is 4. The molecule has 0 atom stereocenters. The molecule has 2 aromatic carbocycles. The maximum absolute atomic E-state index is 12.5. The van der Waals surface area contributed by atoms with Gasteiger partial charge in [0, 0.05) is 4.47 Å². The lowest BCUT2D eigenvalue weighted by Gasteiger charge is -2.08. The van der Waals surface area contributed by atoms with E-state index in [-0.39, 0.29) is 17.9 Å². The van der Waals surface area contributed by atoms with Gasteiger partial charge in [-0.3, -0.25) is 4.79 Å². The molecule has 0 saturated heterocycles. The van der Waals surface area contributed by atoms with Crippen molar-refractivity contribution in [2.24, 2.45) is 0 Å². The summed E-state index contributed by atoms with van der Waals surface area (Å²) in [6, 6.07) is 13.3. The largest absolute Gasteiger partial charge is 0.510 e. The minimum atomic E-state index is -0.309. The normalized spacial score (nSPS) is 13.8. The Balaban J connectivity index is 1.79. The number of nitrogens with zero attached hydrogens (tertiary/aromatic N) is 3. The Labute approximate surface area is 154 Å². The molecule has 122 valence electrons. The molecule has 0 aliphatic carbocycles. The van der Waals surface area contributed by atoms with Gasteiger partial charge in [-0.15, -0.1) is 11.3 Å². The van der Waals surface area contributed by atoms with E-state index >= 15 is 0 Å². The first-order valence-corrected chi connectivity index (χ1v) is 9.21. The van der Waals surface area contributed by atoms with E-state index in [1.807, 2.05) is 41.0 Å². The lowest BCUT2D eigenvalue weighted by molar-refractivity contribution is 0.389. The summed E-state index contributed by atoms with van der Waals surface area (Å²) in [5, 5.41) is 11.8. The van der Waals surface area contributed by atoms with E-state index in [2.05, 4.69) is 25.9 Å². The predicted octanol–water partition coefficient (Wildman–Crippen LogP) is 4.10. The fourth-order valence-electron chi connectivity index (χ4n) is 3.15. The Morgan fingerprint density at radius 3 is 2.84 bits per heavy atom. The quantitative estimate of drug-likeness (QED) is 0.511. The average Bonchev–Trinajstić information content (AvgIpc) is 3.15. The molecule has 0 unspecified atom stereocenters. The second-order valence-electron chi connectivity index (χ2n) is 5.80. The fourth-order valence-corrected chi connectivity index (χ4v) is 4.54. The molecule has 0 saturated carbocycles. The van der Waals surface area contributed by atoms with Crippen molar-refractivity contribution in [3.05, 3.63) is 73.9 Å². The van der Waals surface area contributed by atoms with Crippen LogP contribution in [0.2, 0.25) is 0 Å². The molecule has 0 amide bonds. The Morgan fingerprint density at radius 1 is 1.16 bits per heavy atom. The predicted molar refractivity (Wildman–Crippen MR) is 102 cm³/mol. The van der Waals surface area contributed by atoms with E-state index in [1.165, 1.54) is 11.3 Å². The van der Waals surface area contributed by atoms with Gasteiger partial charge in [-0.05, 0) is 30.3 Å². The third-order valence-corrected chi connectivity index (χ3v) is 5.82. The molecule has 1 aliphatic rings. The second-order valence-corrected chi connectivity index (χ2v) is 7.74. The molecule has 7 heteroatoms. The molecule has 0 bridgehead atoms. The molecule has 5 nitrogen and oxygen atoms in total. The van der Waals surface area contributed by atoms with Crippen LogP contribution in [0, 0.1) is 0 Å².